The lowest BCUT2D eigenvalue weighted by molar-refractivity contribution is -0.235. The molecule has 0 rings (SSSR count). The first-order valence-corrected chi connectivity index (χ1v) is 2.55. The molecule has 0 saturated heterocycles. The van der Waals surface area contributed by atoms with Gasteiger partial charge in [0.05, 0.1) is 0 Å². The van der Waals surface area contributed by atoms with E-state index < -0.39 is 18.1 Å². The van der Waals surface area contributed by atoms with E-state index in [1.54, 1.807) is 0 Å². The highest BCUT2D eigenvalue weighted by Crippen LogP contribution is 1.84. The maximum Gasteiger partial charge on any atom is 0.547 e. The summed E-state index contributed by atoms with van der Waals surface area (Å²) in [5, 5.41) is 15.8. The van der Waals surface area contributed by atoms with E-state index in [4.69, 9.17) is 10.2 Å². The van der Waals surface area contributed by atoms with Gasteiger partial charge in [-0.05, 0) is 0 Å². The second-order valence-corrected chi connectivity index (χ2v) is 1.42. The van der Waals surface area contributed by atoms with Gasteiger partial charge in [-0.15, -0.1) is 0 Å². The summed E-state index contributed by atoms with van der Waals surface area (Å²) in [5.41, 5.74) is 0. The second kappa shape index (κ2) is 4.72. The Morgan fingerprint density at radius 2 is 1.58 bits per heavy atom. The first kappa shape index (κ1) is 9.95. The summed E-state index contributed by atoms with van der Waals surface area (Å²) in [6.45, 7) is 0. The van der Waals surface area contributed by atoms with Gasteiger partial charge < -0.3 is 10.2 Å². The predicted octanol–water partition coefficient (Wildman–Crippen LogP) is -0.220. The van der Waals surface area contributed by atoms with Gasteiger partial charge in [-0.2, -0.15) is 0 Å². The van der Waals surface area contributed by atoms with Crippen molar-refractivity contribution in [3.8, 4) is 0 Å². The zero-order valence-corrected chi connectivity index (χ0v) is 5.59. The number of hydrogen-bond acceptors (Lipinski definition) is 5. The maximum absolute atomic E-state index is 10.3. The van der Waals surface area contributed by atoms with Crippen LogP contribution in [0.2, 0.25) is 0 Å². The summed E-state index contributed by atoms with van der Waals surface area (Å²) in [7, 11) is 0. The zero-order valence-electron chi connectivity index (χ0n) is 5.59. The molecule has 0 unspecified atom stereocenters. The highest BCUT2D eigenvalue weighted by molar-refractivity contribution is 5.90. The molecule has 7 heteroatoms. The topological polar surface area (TPSA) is 110 Å². The van der Waals surface area contributed by atoms with Crippen LogP contribution in [0.5, 0.6) is 0 Å². The van der Waals surface area contributed by atoms with Crippen LogP contribution in [0.1, 0.15) is 0 Å². The summed E-state index contributed by atoms with van der Waals surface area (Å²) < 4.78 is 0. The highest BCUT2D eigenvalue weighted by atomic mass is 17.2. The van der Waals surface area contributed by atoms with Crippen molar-refractivity contribution in [1.82, 2.24) is 0 Å². The Labute approximate surface area is 65.7 Å². The van der Waals surface area contributed by atoms with Gasteiger partial charge in [0.2, 0.25) is 0 Å². The third kappa shape index (κ3) is 6.08. The van der Waals surface area contributed by atoms with Gasteiger partial charge in [0.1, 0.15) is 0 Å². The molecular weight excluding hydrogens is 172 g/mol. The third-order valence-electron chi connectivity index (χ3n) is 0.557. The van der Waals surface area contributed by atoms with Crippen LogP contribution in [0.4, 0.5) is 4.79 Å². The molecule has 0 aromatic rings. The van der Waals surface area contributed by atoms with Gasteiger partial charge in [0, 0.05) is 12.2 Å². The van der Waals surface area contributed by atoms with Gasteiger partial charge in [-0.1, -0.05) is 0 Å². The van der Waals surface area contributed by atoms with Gasteiger partial charge in [0.25, 0.3) is 0 Å². The molecule has 0 bridgehead atoms. The van der Waals surface area contributed by atoms with E-state index in [1.165, 1.54) is 0 Å². The average Bonchev–Trinajstić information content (AvgIpc) is 1.96. The van der Waals surface area contributed by atoms with Crippen LogP contribution in [-0.4, -0.2) is 28.3 Å². The lowest BCUT2D eigenvalue weighted by atomic mass is 10.5. The third-order valence-corrected chi connectivity index (χ3v) is 0.557. The van der Waals surface area contributed by atoms with Crippen molar-refractivity contribution in [1.29, 1.82) is 0 Å². The van der Waals surface area contributed by atoms with Crippen LogP contribution < -0.4 is 0 Å². The Morgan fingerprint density at radius 3 is 2.00 bits per heavy atom. The molecule has 0 aliphatic heterocycles. The molecule has 12 heavy (non-hydrogen) atoms. The predicted molar refractivity (Wildman–Crippen MR) is 32.0 cm³/mol. The number of rotatable bonds is 2. The molecule has 0 atom stereocenters. The van der Waals surface area contributed by atoms with Gasteiger partial charge in [-0.25, -0.2) is 24.2 Å². The quantitative estimate of drug-likeness (QED) is 0.340. The molecule has 0 aromatic heterocycles. The molecule has 66 valence electrons. The van der Waals surface area contributed by atoms with Crippen molar-refractivity contribution in [2.45, 2.75) is 0 Å². The Morgan fingerprint density at radius 1 is 1.00 bits per heavy atom. The number of carbonyl (C=O) groups is 3. The fourth-order valence-electron chi connectivity index (χ4n) is 0.244. The molecule has 0 heterocycles. The average molecular weight is 176 g/mol. The molecule has 0 spiro atoms. The highest BCUT2D eigenvalue weighted by Gasteiger charge is 2.03. The zero-order chi connectivity index (χ0) is 9.56. The van der Waals surface area contributed by atoms with Crippen LogP contribution in [0.25, 0.3) is 0 Å². The van der Waals surface area contributed by atoms with Crippen molar-refractivity contribution < 1.29 is 34.4 Å². The lowest BCUT2D eigenvalue weighted by Crippen LogP contribution is -2.07. The minimum Gasteiger partial charge on any atom is -0.478 e. The van der Waals surface area contributed by atoms with Crippen LogP contribution in [0, 0.1) is 0 Å². The van der Waals surface area contributed by atoms with Crippen LogP contribution in [0.15, 0.2) is 12.2 Å². The fourth-order valence-corrected chi connectivity index (χ4v) is 0.244. The van der Waals surface area contributed by atoms with Crippen LogP contribution >= 0.6 is 0 Å². The Kier molecular flexibility index (Phi) is 3.91. The van der Waals surface area contributed by atoms with E-state index in [2.05, 4.69) is 9.78 Å². The van der Waals surface area contributed by atoms with E-state index in [-0.39, 0.29) is 0 Å². The van der Waals surface area contributed by atoms with Gasteiger partial charge >= 0.3 is 18.1 Å². The van der Waals surface area contributed by atoms with Crippen molar-refractivity contribution in [3.05, 3.63) is 12.2 Å². The monoisotopic (exact) mass is 176 g/mol. The summed E-state index contributed by atoms with van der Waals surface area (Å²) in [5.74, 6) is -2.58. The molecule has 2 N–H and O–H groups in total. The van der Waals surface area contributed by atoms with Crippen LogP contribution in [-0.2, 0) is 19.4 Å². The van der Waals surface area contributed by atoms with Gasteiger partial charge in [-0.3, -0.25) is 0 Å². The summed E-state index contributed by atoms with van der Waals surface area (Å²) >= 11 is 0. The minimum absolute atomic E-state index is 0.480. The molecule has 0 aliphatic rings. The maximum atomic E-state index is 10.3. The van der Waals surface area contributed by atoms with E-state index in [0.717, 1.165) is 0 Å². The van der Waals surface area contributed by atoms with E-state index in [1.807, 2.05) is 0 Å². The van der Waals surface area contributed by atoms with Crippen molar-refractivity contribution in [2.75, 3.05) is 0 Å². The van der Waals surface area contributed by atoms with E-state index >= 15 is 0 Å². The largest absolute Gasteiger partial charge is 0.547 e. The SMILES string of the molecule is O=C(O)/C=C\C(=O)OOC(=O)O. The number of carboxylic acids is 1. The van der Waals surface area contributed by atoms with Crippen molar-refractivity contribution in [2.24, 2.45) is 0 Å². The van der Waals surface area contributed by atoms with Crippen molar-refractivity contribution >= 4 is 18.1 Å². The summed E-state index contributed by atoms with van der Waals surface area (Å²) in [6, 6.07) is 0. The smallest absolute Gasteiger partial charge is 0.478 e. The van der Waals surface area contributed by atoms with E-state index in [9.17, 15) is 14.4 Å². The molecule has 0 radical (unpaired) electrons. The first-order valence-electron chi connectivity index (χ1n) is 2.55. The summed E-state index contributed by atoms with van der Waals surface area (Å²) in [4.78, 5) is 36.6. The molecule has 0 aromatic carbocycles. The number of aliphatic carboxylic acids is 1. The Hall–Kier alpha value is -2.05. The standard InChI is InChI=1S/C5H4O7/c6-3(7)1-2-4(8)11-12-5(9)10/h1-2H,(H,6,7)(H,9,10)/b2-1-. The normalized spacial score (nSPS) is 9.33. The molecule has 0 saturated carbocycles. The summed E-state index contributed by atoms with van der Waals surface area (Å²) in [6.07, 6.45) is -0.814. The first-order chi connectivity index (χ1) is 5.52. The molecule has 0 amide bonds. The fraction of sp³-hybridized carbons (Fsp3) is 0. The minimum atomic E-state index is -1.80. The Bertz CT molecular complexity index is 228. The molecule has 0 fully saturated rings. The molecular formula is C5H4O7. The molecule has 7 nitrogen and oxygen atoms in total. The number of hydrogen-bond donors (Lipinski definition) is 2. The Balaban J connectivity index is 3.75. The number of carbonyl (C=O) groups excluding carboxylic acids is 1. The number of carboxylic acid groups (broad SMARTS) is 2. The van der Waals surface area contributed by atoms with E-state index in [0.29, 0.717) is 12.2 Å². The van der Waals surface area contributed by atoms with Gasteiger partial charge in [0.15, 0.2) is 0 Å². The van der Waals surface area contributed by atoms with Crippen molar-refractivity contribution in [3.63, 3.8) is 0 Å². The second-order valence-electron chi connectivity index (χ2n) is 1.42. The lowest BCUT2D eigenvalue weighted by Gasteiger charge is -1.92. The van der Waals surface area contributed by atoms with Crippen LogP contribution in [0.3, 0.4) is 0 Å². The molecule has 0 aliphatic carbocycles.